The van der Waals surface area contributed by atoms with E-state index in [0.29, 0.717) is 17.1 Å². The van der Waals surface area contributed by atoms with Crippen LogP contribution in [0.4, 0.5) is 0 Å². The highest BCUT2D eigenvalue weighted by atomic mass is 16.5. The maximum Gasteiger partial charge on any atom is 0.171 e. The first-order valence-corrected chi connectivity index (χ1v) is 4.34. The summed E-state index contributed by atoms with van der Waals surface area (Å²) in [5.41, 5.74) is 1.49. The summed E-state index contributed by atoms with van der Waals surface area (Å²) in [4.78, 5) is 11.4. The fourth-order valence-corrected chi connectivity index (χ4v) is 1.46. The first-order valence-electron chi connectivity index (χ1n) is 4.34. The predicted octanol–water partition coefficient (Wildman–Crippen LogP) is 2.21. The molecule has 0 aliphatic carbocycles. The van der Waals surface area contributed by atoms with Gasteiger partial charge in [-0.3, -0.25) is 4.79 Å². The van der Waals surface area contributed by atoms with Gasteiger partial charge in [0.2, 0.25) is 0 Å². The average Bonchev–Trinajstić information content (AvgIpc) is 2.16. The van der Waals surface area contributed by atoms with Crippen LogP contribution in [0.5, 0.6) is 11.5 Å². The van der Waals surface area contributed by atoms with Crippen molar-refractivity contribution < 1.29 is 14.3 Å². The van der Waals surface area contributed by atoms with Crippen LogP contribution in [-0.2, 0) is 0 Å². The minimum atomic E-state index is -0.0155. The second kappa shape index (κ2) is 4.13. The Morgan fingerprint density at radius 1 is 1.21 bits per heavy atom. The highest BCUT2D eigenvalue weighted by Gasteiger charge is 2.15. The van der Waals surface area contributed by atoms with E-state index in [2.05, 4.69) is 0 Å². The molecule has 0 aromatic heterocycles. The lowest BCUT2D eigenvalue weighted by atomic mass is 10.0. The highest BCUT2D eigenvalue weighted by Crippen LogP contribution is 2.33. The van der Waals surface area contributed by atoms with Gasteiger partial charge in [0.1, 0.15) is 0 Å². The van der Waals surface area contributed by atoms with Crippen molar-refractivity contribution in [3.63, 3.8) is 0 Å². The number of hydrogen-bond acceptors (Lipinski definition) is 3. The van der Waals surface area contributed by atoms with Crippen LogP contribution < -0.4 is 9.47 Å². The zero-order valence-electron chi connectivity index (χ0n) is 8.88. The van der Waals surface area contributed by atoms with Crippen molar-refractivity contribution >= 4 is 5.78 Å². The van der Waals surface area contributed by atoms with E-state index >= 15 is 0 Å². The molecule has 0 heterocycles. The summed E-state index contributed by atoms with van der Waals surface area (Å²) in [6, 6.07) is 3.64. The largest absolute Gasteiger partial charge is 0.493 e. The maximum absolute atomic E-state index is 11.4. The zero-order valence-corrected chi connectivity index (χ0v) is 8.88. The Balaban J connectivity index is 3.42. The molecular formula is C11H14O3. The van der Waals surface area contributed by atoms with Crippen LogP contribution in [0, 0.1) is 6.92 Å². The lowest BCUT2D eigenvalue weighted by Crippen LogP contribution is -2.02. The molecule has 0 aliphatic rings. The number of hydrogen-bond donors (Lipinski definition) is 0. The number of methoxy groups -OCH3 is 2. The smallest absolute Gasteiger partial charge is 0.171 e. The highest BCUT2D eigenvalue weighted by molar-refractivity contribution is 5.99. The van der Waals surface area contributed by atoms with Crippen LogP contribution in [0.2, 0.25) is 0 Å². The Morgan fingerprint density at radius 3 is 2.29 bits per heavy atom. The number of aryl methyl sites for hydroxylation is 1. The molecule has 0 spiro atoms. The van der Waals surface area contributed by atoms with Crippen molar-refractivity contribution in [1.29, 1.82) is 0 Å². The van der Waals surface area contributed by atoms with Crippen LogP contribution in [0.1, 0.15) is 22.8 Å². The van der Waals surface area contributed by atoms with E-state index in [9.17, 15) is 4.79 Å². The van der Waals surface area contributed by atoms with E-state index in [1.807, 2.05) is 13.0 Å². The third-order valence-electron chi connectivity index (χ3n) is 2.11. The van der Waals surface area contributed by atoms with Gasteiger partial charge in [-0.15, -0.1) is 0 Å². The third kappa shape index (κ3) is 1.71. The number of carbonyl (C=O) groups is 1. The molecule has 0 aliphatic heterocycles. The molecule has 1 aromatic carbocycles. The van der Waals surface area contributed by atoms with Gasteiger partial charge < -0.3 is 9.47 Å². The van der Waals surface area contributed by atoms with Gasteiger partial charge in [0.05, 0.1) is 19.8 Å². The van der Waals surface area contributed by atoms with E-state index in [-0.39, 0.29) is 5.78 Å². The molecule has 1 rings (SSSR count). The summed E-state index contributed by atoms with van der Waals surface area (Å²) in [6.45, 7) is 3.39. The molecule has 0 fully saturated rings. The molecule has 1 aromatic rings. The zero-order chi connectivity index (χ0) is 10.7. The number of benzene rings is 1. The Bertz CT molecular complexity index is 356. The van der Waals surface area contributed by atoms with Gasteiger partial charge in [-0.1, -0.05) is 6.07 Å². The van der Waals surface area contributed by atoms with Crippen LogP contribution in [0.25, 0.3) is 0 Å². The van der Waals surface area contributed by atoms with Gasteiger partial charge >= 0.3 is 0 Å². The molecule has 0 unspecified atom stereocenters. The van der Waals surface area contributed by atoms with E-state index in [1.54, 1.807) is 13.2 Å². The summed E-state index contributed by atoms with van der Waals surface area (Å²) < 4.78 is 10.3. The summed E-state index contributed by atoms with van der Waals surface area (Å²) >= 11 is 0. The van der Waals surface area contributed by atoms with Crippen LogP contribution in [-0.4, -0.2) is 20.0 Å². The molecule has 0 atom stereocenters. The number of carbonyl (C=O) groups excluding carboxylic acids is 1. The van der Waals surface area contributed by atoms with Crippen LogP contribution >= 0.6 is 0 Å². The van der Waals surface area contributed by atoms with Gasteiger partial charge in [0, 0.05) is 0 Å². The van der Waals surface area contributed by atoms with E-state index in [0.717, 1.165) is 5.56 Å². The maximum atomic E-state index is 11.4. The minimum absolute atomic E-state index is 0.0155. The molecule has 3 nitrogen and oxygen atoms in total. The molecule has 76 valence electrons. The second-order valence-electron chi connectivity index (χ2n) is 3.05. The minimum Gasteiger partial charge on any atom is -0.493 e. The summed E-state index contributed by atoms with van der Waals surface area (Å²) in [7, 11) is 3.08. The first kappa shape index (κ1) is 10.6. The molecular weight excluding hydrogens is 180 g/mol. The van der Waals surface area contributed by atoms with E-state index in [4.69, 9.17) is 9.47 Å². The van der Waals surface area contributed by atoms with Gasteiger partial charge in [-0.25, -0.2) is 0 Å². The predicted molar refractivity (Wildman–Crippen MR) is 54.3 cm³/mol. The fourth-order valence-electron chi connectivity index (χ4n) is 1.46. The van der Waals surface area contributed by atoms with Crippen molar-refractivity contribution in [2.75, 3.05) is 14.2 Å². The average molecular weight is 194 g/mol. The lowest BCUT2D eigenvalue weighted by molar-refractivity contribution is 0.101. The standard InChI is InChI=1S/C11H14O3/c1-7-5-6-9(13-3)11(14-4)10(7)8(2)12/h5-6H,1-4H3. The normalized spacial score (nSPS) is 9.71. The van der Waals surface area contributed by atoms with Gasteiger partial charge in [-0.05, 0) is 25.5 Å². The Labute approximate surface area is 83.6 Å². The van der Waals surface area contributed by atoms with Crippen molar-refractivity contribution in [3.05, 3.63) is 23.3 Å². The number of Topliss-reactive ketones (excluding diaryl/α,β-unsaturated/α-hetero) is 1. The number of rotatable bonds is 3. The SMILES string of the molecule is COc1ccc(C)c(C(C)=O)c1OC. The molecule has 3 heteroatoms. The third-order valence-corrected chi connectivity index (χ3v) is 2.11. The topological polar surface area (TPSA) is 35.5 Å². The second-order valence-corrected chi connectivity index (χ2v) is 3.05. The number of ketones is 1. The molecule has 0 saturated carbocycles. The van der Waals surface area contributed by atoms with Crippen molar-refractivity contribution in [2.45, 2.75) is 13.8 Å². The Kier molecular flexibility index (Phi) is 3.12. The summed E-state index contributed by atoms with van der Waals surface area (Å²) in [5.74, 6) is 1.08. The molecule has 0 radical (unpaired) electrons. The van der Waals surface area contributed by atoms with Crippen molar-refractivity contribution in [2.24, 2.45) is 0 Å². The van der Waals surface area contributed by atoms with E-state index in [1.165, 1.54) is 14.0 Å². The first-order chi connectivity index (χ1) is 6.61. The van der Waals surface area contributed by atoms with Gasteiger partial charge in [0.15, 0.2) is 17.3 Å². The van der Waals surface area contributed by atoms with Gasteiger partial charge in [0.25, 0.3) is 0 Å². The summed E-state index contributed by atoms with van der Waals surface area (Å²) in [5, 5.41) is 0. The Morgan fingerprint density at radius 2 is 1.86 bits per heavy atom. The van der Waals surface area contributed by atoms with Crippen LogP contribution in [0.15, 0.2) is 12.1 Å². The summed E-state index contributed by atoms with van der Waals surface area (Å²) in [6.07, 6.45) is 0. The van der Waals surface area contributed by atoms with Crippen LogP contribution in [0.3, 0.4) is 0 Å². The molecule has 14 heavy (non-hydrogen) atoms. The molecule has 0 saturated heterocycles. The molecule has 0 N–H and O–H groups in total. The lowest BCUT2D eigenvalue weighted by Gasteiger charge is -2.12. The van der Waals surface area contributed by atoms with Crippen molar-refractivity contribution in [3.8, 4) is 11.5 Å². The monoisotopic (exact) mass is 194 g/mol. The Hall–Kier alpha value is -1.51. The van der Waals surface area contributed by atoms with Gasteiger partial charge in [-0.2, -0.15) is 0 Å². The molecule has 0 bridgehead atoms. The number of ether oxygens (including phenoxy) is 2. The molecule has 0 amide bonds. The van der Waals surface area contributed by atoms with E-state index < -0.39 is 0 Å². The quantitative estimate of drug-likeness (QED) is 0.692. The van der Waals surface area contributed by atoms with Crippen molar-refractivity contribution in [1.82, 2.24) is 0 Å². The fraction of sp³-hybridized carbons (Fsp3) is 0.364.